The summed E-state index contributed by atoms with van der Waals surface area (Å²) in [7, 11) is -1.02. The number of hydrogen-bond acceptors (Lipinski definition) is 11. The zero-order chi connectivity index (χ0) is 51.1. The van der Waals surface area contributed by atoms with E-state index in [9.17, 15) is 18.0 Å². The molecule has 0 bridgehead atoms. The Morgan fingerprint density at radius 3 is 1.76 bits per heavy atom. The number of nitrogens with zero attached hydrogens (tertiary/aromatic N) is 7. The molecule has 71 heavy (non-hydrogen) atoms. The third-order valence-corrected chi connectivity index (χ3v) is 14.7. The molecule has 2 aliphatic rings. The van der Waals surface area contributed by atoms with Gasteiger partial charge < -0.3 is 40.3 Å². The van der Waals surface area contributed by atoms with Crippen LogP contribution in [0.4, 0.5) is 32.3 Å². The number of halogens is 2. The zero-order valence-corrected chi connectivity index (χ0v) is 42.0. The van der Waals surface area contributed by atoms with Gasteiger partial charge in [-0.05, 0) is 105 Å². The van der Waals surface area contributed by atoms with Crippen molar-refractivity contribution in [1.29, 1.82) is 0 Å². The Morgan fingerprint density at radius 2 is 1.23 bits per heavy atom. The lowest BCUT2D eigenvalue weighted by Crippen LogP contribution is -2.41. The van der Waals surface area contributed by atoms with E-state index < -0.39 is 22.3 Å². The van der Waals surface area contributed by atoms with Crippen molar-refractivity contribution in [3.63, 3.8) is 0 Å². The molecule has 0 aliphatic carbocycles. The van der Waals surface area contributed by atoms with E-state index in [1.54, 1.807) is 34.3 Å². The van der Waals surface area contributed by atoms with Crippen molar-refractivity contribution < 1.29 is 31.7 Å². The van der Waals surface area contributed by atoms with Gasteiger partial charge >= 0.3 is 12.2 Å². The van der Waals surface area contributed by atoms with E-state index in [2.05, 4.69) is 40.1 Å². The highest BCUT2D eigenvalue weighted by atomic mass is 35.5. The van der Waals surface area contributed by atoms with E-state index in [-0.39, 0.29) is 17.0 Å². The van der Waals surface area contributed by atoms with E-state index >= 15 is 0 Å². The number of aromatic nitrogens is 4. The van der Waals surface area contributed by atoms with Crippen LogP contribution in [0.25, 0.3) is 53.7 Å². The molecule has 0 radical (unpaired) electrons. The number of nitrogens with one attached hydrogen (secondary N) is 1. The quantitative estimate of drug-likeness (QED) is 0.105. The van der Waals surface area contributed by atoms with Gasteiger partial charge in [0.25, 0.3) is 10.1 Å². The third-order valence-electron chi connectivity index (χ3n) is 12.5. The molecular formula is C51H52Cl2N10O7S. The molecule has 5 N–H and O–H groups in total. The molecule has 17 nitrogen and oxygen atoms in total. The van der Waals surface area contributed by atoms with Crippen LogP contribution in [-0.2, 0) is 23.8 Å². The van der Waals surface area contributed by atoms with Crippen molar-refractivity contribution in [3.8, 4) is 22.3 Å². The number of nitrogen functional groups attached to an aromatic ring is 2. The highest BCUT2D eigenvalue weighted by molar-refractivity contribution is 7.86. The largest absolute Gasteiger partial charge is 0.453 e. The van der Waals surface area contributed by atoms with Crippen LogP contribution in [0.5, 0.6) is 0 Å². The summed E-state index contributed by atoms with van der Waals surface area (Å²) in [6.45, 7) is 22.6. The van der Waals surface area contributed by atoms with Crippen molar-refractivity contribution in [2.75, 3.05) is 51.9 Å². The number of benzene rings is 3. The molecule has 0 atom stereocenters. The van der Waals surface area contributed by atoms with Crippen molar-refractivity contribution in [1.82, 2.24) is 29.3 Å². The smallest absolute Gasteiger partial charge is 0.409 e. The number of ether oxygens (including phenoxy) is 2. The van der Waals surface area contributed by atoms with Gasteiger partial charge in [-0.3, -0.25) is 14.2 Å². The SMILES string of the molecule is COC(=O)N1CCC(OS(=O)(=O)c2ccc(C)cc2)CC1.[C-]#[N+]c1cc2c(-c3cncc(N)c3Cl)c[nH]c2cc1C.[C-]#[N+]c1cc2c(-c3cncc(N)c3Cl)cn(C3CCN(C(=O)OC)CC3)c2cc1C. The van der Waals surface area contributed by atoms with Crippen LogP contribution in [0.15, 0.2) is 90.6 Å². The van der Waals surface area contributed by atoms with Gasteiger partial charge in [0.15, 0.2) is 11.4 Å². The summed E-state index contributed by atoms with van der Waals surface area (Å²) in [5, 5.41) is 2.81. The molecule has 3 aromatic carbocycles. The minimum Gasteiger partial charge on any atom is -0.453 e. The fraction of sp³-hybridized carbons (Fsp3) is 0.294. The van der Waals surface area contributed by atoms with E-state index in [1.807, 2.05) is 51.2 Å². The Labute approximate surface area is 422 Å². The standard InChI is InChI=1S/C22H22ClN5O2.C15H11ClN4.C14H19NO5S/c1-13-8-20-15(9-19(13)25-2)17(16-10-26-11-18(24)21(16)23)12-28(20)14-4-6-27(7-5-14)22(29)30-3;1-8-3-14-9(4-13(8)18-2)10(6-20-14)11-5-19-7-12(17)15(11)16;1-11-3-5-13(6-4-11)21(17,18)20-12-7-9-15(10-8-12)14(16)19-2/h8-12,14H,4-7,24H2,1,3H3;3-7,20H,17H2,1H3;3-6,12H,7-10H2,1-2H3. The van der Waals surface area contributed by atoms with Gasteiger partial charge in [0.1, 0.15) is 0 Å². The summed E-state index contributed by atoms with van der Waals surface area (Å²) >= 11 is 12.8. The van der Waals surface area contributed by atoms with E-state index in [4.69, 9.17) is 56.7 Å². The lowest BCUT2D eigenvalue weighted by atomic mass is 10.0. The summed E-state index contributed by atoms with van der Waals surface area (Å²) in [5.74, 6) is 0. The summed E-state index contributed by atoms with van der Waals surface area (Å²) in [6, 6.07) is 14.5. The Kier molecular flexibility index (Phi) is 16.1. The van der Waals surface area contributed by atoms with Crippen LogP contribution < -0.4 is 11.5 Å². The number of fused-ring (bicyclic) bond motifs is 2. The number of carbonyl (C=O) groups is 2. The summed E-state index contributed by atoms with van der Waals surface area (Å²) in [6.07, 6.45) is 11.8. The first-order valence-corrected chi connectivity index (χ1v) is 24.6. The molecule has 6 heterocycles. The third kappa shape index (κ3) is 11.3. The van der Waals surface area contributed by atoms with Gasteiger partial charge in [-0.1, -0.05) is 40.9 Å². The first-order chi connectivity index (χ1) is 34.0. The molecule has 9 rings (SSSR count). The Hall–Kier alpha value is -7.35. The first-order valence-electron chi connectivity index (χ1n) is 22.4. The molecule has 2 fully saturated rings. The Bertz CT molecular complexity index is 3310. The molecular weight excluding hydrogens is 968 g/mol. The number of aromatic amines is 1. The van der Waals surface area contributed by atoms with Crippen LogP contribution in [-0.4, -0.2) is 96.4 Å². The van der Waals surface area contributed by atoms with Crippen LogP contribution in [0, 0.1) is 33.9 Å². The lowest BCUT2D eigenvalue weighted by Gasteiger charge is -2.32. The highest BCUT2D eigenvalue weighted by Gasteiger charge is 2.29. The number of H-pyrrole nitrogens is 1. The summed E-state index contributed by atoms with van der Waals surface area (Å²) in [5.41, 5.74) is 22.0. The molecule has 4 aromatic heterocycles. The monoisotopic (exact) mass is 1020 g/mol. The lowest BCUT2D eigenvalue weighted by molar-refractivity contribution is 0.0818. The maximum Gasteiger partial charge on any atom is 0.409 e. The van der Waals surface area contributed by atoms with Gasteiger partial charge in [-0.25, -0.2) is 19.3 Å². The maximum atomic E-state index is 12.2. The Balaban J connectivity index is 0.000000161. The van der Waals surface area contributed by atoms with Gasteiger partial charge in [0.05, 0.1) is 72.2 Å². The normalized spacial score (nSPS) is 14.2. The first kappa shape index (κ1) is 51.5. The van der Waals surface area contributed by atoms with Crippen molar-refractivity contribution in [3.05, 3.63) is 135 Å². The number of likely N-dealkylation sites (tertiary alicyclic amines) is 2. The number of amides is 2. The maximum absolute atomic E-state index is 12.2. The zero-order valence-electron chi connectivity index (χ0n) is 39.7. The number of anilines is 2. The molecule has 2 amide bonds. The van der Waals surface area contributed by atoms with Crippen LogP contribution in [0.1, 0.15) is 48.4 Å². The fourth-order valence-electron chi connectivity index (χ4n) is 8.59. The molecule has 0 saturated carbocycles. The van der Waals surface area contributed by atoms with Crippen LogP contribution in [0.2, 0.25) is 10.0 Å². The molecule has 2 aliphatic heterocycles. The predicted octanol–water partition coefficient (Wildman–Crippen LogP) is 11.5. The number of nitrogens with two attached hydrogens (primary N) is 2. The van der Waals surface area contributed by atoms with Gasteiger partial charge in [0, 0.05) is 90.3 Å². The minimum absolute atomic E-state index is 0.156. The predicted molar refractivity (Wildman–Crippen MR) is 276 cm³/mol. The van der Waals surface area contributed by atoms with Gasteiger partial charge in [0.2, 0.25) is 0 Å². The number of carbonyl (C=O) groups excluding carboxylic acids is 2. The number of hydrogen-bond donors (Lipinski definition) is 3. The van der Waals surface area contributed by atoms with Crippen LogP contribution in [0.3, 0.4) is 0 Å². The molecule has 2 saturated heterocycles. The van der Waals surface area contributed by atoms with Crippen molar-refractivity contribution >= 4 is 90.1 Å². The minimum atomic E-state index is -3.75. The second-order valence-corrected chi connectivity index (χ2v) is 19.4. The average Bonchev–Trinajstić information content (AvgIpc) is 3.95. The second kappa shape index (κ2) is 22.2. The van der Waals surface area contributed by atoms with Crippen molar-refractivity contribution in [2.45, 2.75) is 63.5 Å². The van der Waals surface area contributed by atoms with E-state index in [1.165, 1.54) is 38.7 Å². The van der Waals surface area contributed by atoms with Crippen molar-refractivity contribution in [2.24, 2.45) is 0 Å². The van der Waals surface area contributed by atoms with E-state index in [0.29, 0.717) is 71.8 Å². The average molecular weight is 1020 g/mol. The van der Waals surface area contributed by atoms with Gasteiger partial charge in [-0.15, -0.1) is 0 Å². The highest BCUT2D eigenvalue weighted by Crippen LogP contribution is 2.42. The summed E-state index contributed by atoms with van der Waals surface area (Å²) in [4.78, 5) is 45.3. The number of methoxy groups -OCH3 is 2. The van der Waals surface area contributed by atoms with Crippen LogP contribution >= 0.6 is 23.2 Å². The number of pyridine rings is 2. The molecule has 368 valence electrons. The molecule has 7 aromatic rings. The van der Waals surface area contributed by atoms with E-state index in [0.717, 1.165) is 73.6 Å². The number of aryl methyl sites for hydroxylation is 3. The van der Waals surface area contributed by atoms with Gasteiger partial charge in [-0.2, -0.15) is 8.42 Å². The number of piperidine rings is 2. The number of rotatable bonds is 6. The molecule has 0 spiro atoms. The molecule has 20 heteroatoms. The second-order valence-electron chi connectivity index (χ2n) is 17.1. The fourth-order valence-corrected chi connectivity index (χ4v) is 10.1. The molecule has 0 unspecified atom stereocenters. The topological polar surface area (TPSA) is 210 Å². The summed E-state index contributed by atoms with van der Waals surface area (Å²) < 4.78 is 41.3. The Morgan fingerprint density at radius 1 is 0.718 bits per heavy atom.